The van der Waals surface area contributed by atoms with Crippen molar-refractivity contribution in [3.05, 3.63) is 35.9 Å². The van der Waals surface area contributed by atoms with Gasteiger partial charge in [-0.25, -0.2) is 0 Å². The topological polar surface area (TPSA) is 26.3 Å². The molecular formula is C12H16Cl2O2P+. The van der Waals surface area contributed by atoms with E-state index in [1.165, 1.54) is 0 Å². The molecule has 0 heterocycles. The van der Waals surface area contributed by atoms with Gasteiger partial charge in [-0.05, 0) is 18.4 Å². The molecule has 0 N–H and O–H groups in total. The van der Waals surface area contributed by atoms with Crippen LogP contribution in [0.25, 0.3) is 0 Å². The molecule has 0 aromatic heterocycles. The van der Waals surface area contributed by atoms with Crippen molar-refractivity contribution in [2.45, 2.75) is 30.3 Å². The zero-order valence-electron chi connectivity index (χ0n) is 9.85. The SMILES string of the molecule is CC(Cl)CO[P+](=O)C(c1ccccc1)C(C)Cl. The van der Waals surface area contributed by atoms with Crippen LogP contribution in [0.5, 0.6) is 0 Å². The highest BCUT2D eigenvalue weighted by molar-refractivity contribution is 7.39. The van der Waals surface area contributed by atoms with Crippen LogP contribution in [0.4, 0.5) is 0 Å². The van der Waals surface area contributed by atoms with Gasteiger partial charge in [-0.2, -0.15) is 0 Å². The predicted octanol–water partition coefficient (Wildman–Crippen LogP) is 4.74. The van der Waals surface area contributed by atoms with Crippen LogP contribution >= 0.6 is 31.2 Å². The Bertz CT molecular complexity index is 355. The first-order valence-corrected chi connectivity index (χ1v) is 7.56. The van der Waals surface area contributed by atoms with Gasteiger partial charge >= 0.3 is 8.03 Å². The Morgan fingerprint density at radius 1 is 1.24 bits per heavy atom. The molecular weight excluding hydrogens is 278 g/mol. The van der Waals surface area contributed by atoms with Gasteiger partial charge in [-0.3, -0.25) is 0 Å². The first-order chi connectivity index (χ1) is 8.02. The largest absolute Gasteiger partial charge is 0.517 e. The van der Waals surface area contributed by atoms with E-state index < -0.39 is 8.03 Å². The lowest BCUT2D eigenvalue weighted by Gasteiger charge is -2.09. The Labute approximate surface area is 113 Å². The minimum absolute atomic E-state index is 0.156. The van der Waals surface area contributed by atoms with Crippen molar-refractivity contribution >= 4 is 31.2 Å². The van der Waals surface area contributed by atoms with Gasteiger partial charge in [0.05, 0.1) is 10.8 Å². The summed E-state index contributed by atoms with van der Waals surface area (Å²) in [6.07, 6.45) is 0. The molecule has 0 bridgehead atoms. The molecule has 4 unspecified atom stereocenters. The minimum Gasteiger partial charge on any atom is -0.144 e. The monoisotopic (exact) mass is 293 g/mol. The van der Waals surface area contributed by atoms with Gasteiger partial charge in [0.15, 0.2) is 0 Å². The van der Waals surface area contributed by atoms with Gasteiger partial charge in [0.1, 0.15) is 6.61 Å². The molecule has 2 nitrogen and oxygen atoms in total. The van der Waals surface area contributed by atoms with Crippen LogP contribution in [0.1, 0.15) is 25.1 Å². The summed E-state index contributed by atoms with van der Waals surface area (Å²) in [6.45, 7) is 3.88. The van der Waals surface area contributed by atoms with Crippen LogP contribution in [-0.4, -0.2) is 17.4 Å². The molecule has 0 spiro atoms. The molecule has 1 aromatic carbocycles. The van der Waals surface area contributed by atoms with Crippen LogP contribution in [-0.2, 0) is 9.09 Å². The average Bonchev–Trinajstić information content (AvgIpc) is 2.27. The van der Waals surface area contributed by atoms with E-state index in [2.05, 4.69) is 0 Å². The van der Waals surface area contributed by atoms with E-state index in [-0.39, 0.29) is 23.0 Å². The zero-order chi connectivity index (χ0) is 12.8. The van der Waals surface area contributed by atoms with Gasteiger partial charge in [-0.15, -0.1) is 27.7 Å². The van der Waals surface area contributed by atoms with E-state index in [4.69, 9.17) is 27.7 Å². The van der Waals surface area contributed by atoms with Crippen molar-refractivity contribution in [2.75, 3.05) is 6.61 Å². The standard InChI is InChI=1S/C12H16Cl2O2P/c1-9(13)8-16-17(15)12(10(2)14)11-6-4-3-5-7-11/h3-7,9-10,12H,8H2,1-2H3/q+1. The highest BCUT2D eigenvalue weighted by atomic mass is 35.5. The quantitative estimate of drug-likeness (QED) is 0.559. The van der Waals surface area contributed by atoms with Gasteiger partial charge in [-0.1, -0.05) is 30.3 Å². The van der Waals surface area contributed by atoms with Gasteiger partial charge < -0.3 is 0 Å². The van der Waals surface area contributed by atoms with E-state index in [0.29, 0.717) is 0 Å². The third-order valence-electron chi connectivity index (χ3n) is 2.23. The van der Waals surface area contributed by atoms with Crippen molar-refractivity contribution < 1.29 is 9.09 Å². The van der Waals surface area contributed by atoms with Crippen molar-refractivity contribution in [2.24, 2.45) is 0 Å². The fraction of sp³-hybridized carbons (Fsp3) is 0.500. The first-order valence-electron chi connectivity index (χ1n) is 5.44. The molecule has 17 heavy (non-hydrogen) atoms. The lowest BCUT2D eigenvalue weighted by molar-refractivity contribution is 0.325. The van der Waals surface area contributed by atoms with Gasteiger partial charge in [0.2, 0.25) is 5.66 Å². The lowest BCUT2D eigenvalue weighted by Crippen LogP contribution is -2.08. The number of alkyl halides is 2. The molecule has 0 aliphatic heterocycles. The fourth-order valence-electron chi connectivity index (χ4n) is 1.46. The van der Waals surface area contributed by atoms with Crippen LogP contribution in [0.3, 0.4) is 0 Å². The van der Waals surface area contributed by atoms with Gasteiger partial charge in [0, 0.05) is 5.56 Å². The Balaban J connectivity index is 2.76. The maximum Gasteiger partial charge on any atom is 0.517 e. The third kappa shape index (κ3) is 4.93. The number of hydrogen-bond donors (Lipinski definition) is 0. The highest BCUT2D eigenvalue weighted by Gasteiger charge is 2.38. The van der Waals surface area contributed by atoms with Crippen molar-refractivity contribution in [3.63, 3.8) is 0 Å². The molecule has 0 aliphatic rings. The van der Waals surface area contributed by atoms with Crippen molar-refractivity contribution in [1.82, 2.24) is 0 Å². The van der Waals surface area contributed by atoms with Crippen LogP contribution in [0.15, 0.2) is 30.3 Å². The van der Waals surface area contributed by atoms with E-state index in [0.717, 1.165) is 5.56 Å². The maximum atomic E-state index is 12.1. The molecule has 0 amide bonds. The molecule has 0 saturated heterocycles. The molecule has 0 aliphatic carbocycles. The second-order valence-electron chi connectivity index (χ2n) is 3.89. The summed E-state index contributed by atoms with van der Waals surface area (Å²) < 4.78 is 17.3. The first kappa shape index (κ1) is 14.9. The minimum atomic E-state index is -1.86. The summed E-state index contributed by atoms with van der Waals surface area (Å²) in [6, 6.07) is 9.52. The highest BCUT2D eigenvalue weighted by Crippen LogP contribution is 2.46. The molecule has 5 heteroatoms. The van der Waals surface area contributed by atoms with Crippen molar-refractivity contribution in [3.8, 4) is 0 Å². The molecule has 1 aromatic rings. The second-order valence-corrected chi connectivity index (χ2v) is 6.71. The summed E-state index contributed by atoms with van der Waals surface area (Å²) in [7, 11) is -1.86. The third-order valence-corrected chi connectivity index (χ3v) is 4.39. The Kier molecular flexibility index (Phi) is 6.43. The van der Waals surface area contributed by atoms with E-state index in [1.54, 1.807) is 6.92 Å². The van der Waals surface area contributed by atoms with E-state index in [9.17, 15) is 4.57 Å². The molecule has 1 rings (SSSR count). The smallest absolute Gasteiger partial charge is 0.144 e. The molecule has 0 saturated carbocycles. The second kappa shape index (κ2) is 7.33. The van der Waals surface area contributed by atoms with E-state index in [1.807, 2.05) is 37.3 Å². The number of hydrogen-bond acceptors (Lipinski definition) is 2. The maximum absolute atomic E-state index is 12.1. The Hall–Kier alpha value is -0.140. The summed E-state index contributed by atoms with van der Waals surface area (Å²) in [5.41, 5.74) is 0.626. The number of benzene rings is 1. The molecule has 4 atom stereocenters. The summed E-state index contributed by atoms with van der Waals surface area (Å²) >= 11 is 11.9. The van der Waals surface area contributed by atoms with Crippen molar-refractivity contribution in [1.29, 1.82) is 0 Å². The zero-order valence-corrected chi connectivity index (χ0v) is 12.3. The van der Waals surface area contributed by atoms with Crippen LogP contribution in [0.2, 0.25) is 0 Å². The summed E-state index contributed by atoms with van der Waals surface area (Å²) in [5, 5.41) is -0.414. The van der Waals surface area contributed by atoms with E-state index >= 15 is 0 Å². The molecule has 94 valence electrons. The Morgan fingerprint density at radius 2 is 1.82 bits per heavy atom. The normalized spacial score (nSPS) is 17.3. The summed E-state index contributed by atoms with van der Waals surface area (Å²) in [5.74, 6) is 0. The lowest BCUT2D eigenvalue weighted by atomic mass is 10.1. The predicted molar refractivity (Wildman–Crippen MR) is 73.4 cm³/mol. The fourth-order valence-corrected chi connectivity index (χ4v) is 3.32. The number of halogens is 2. The Morgan fingerprint density at radius 3 is 2.29 bits per heavy atom. The summed E-state index contributed by atoms with van der Waals surface area (Å²) in [4.78, 5) is 0. The molecule has 0 radical (unpaired) electrons. The van der Waals surface area contributed by atoms with Crippen LogP contribution < -0.4 is 0 Å². The average molecular weight is 294 g/mol. The van der Waals surface area contributed by atoms with Gasteiger partial charge in [0.25, 0.3) is 0 Å². The molecule has 0 fully saturated rings. The number of rotatable bonds is 6. The van der Waals surface area contributed by atoms with Crippen LogP contribution in [0, 0.1) is 0 Å².